The molecule has 0 aliphatic carbocycles. The quantitative estimate of drug-likeness (QED) is 0.703. The number of carbonyl (C=O) groups is 2. The van der Waals surface area contributed by atoms with Crippen LogP contribution in [-0.2, 0) is 4.79 Å². The first-order valence-corrected chi connectivity index (χ1v) is 6.06. The summed E-state index contributed by atoms with van der Waals surface area (Å²) in [6, 6.07) is -0.188. The molecule has 100 valence electrons. The van der Waals surface area contributed by atoms with Gasteiger partial charge in [-0.05, 0) is 27.2 Å². The van der Waals surface area contributed by atoms with Gasteiger partial charge in [0.05, 0.1) is 6.42 Å². The second-order valence-corrected chi connectivity index (χ2v) is 5.05. The molecular weight excluding hydrogens is 220 g/mol. The summed E-state index contributed by atoms with van der Waals surface area (Å²) in [6.45, 7) is 8.61. The second kappa shape index (κ2) is 7.14. The molecule has 0 spiro atoms. The number of amides is 2. The lowest BCUT2D eigenvalue weighted by Gasteiger charge is -2.35. The molecule has 0 aromatic carbocycles. The van der Waals surface area contributed by atoms with Crippen molar-refractivity contribution in [1.29, 1.82) is 0 Å². The van der Waals surface area contributed by atoms with Crippen LogP contribution in [0.3, 0.4) is 0 Å². The molecule has 0 aromatic rings. The molecule has 2 N–H and O–H groups in total. The zero-order chi connectivity index (χ0) is 13.5. The van der Waals surface area contributed by atoms with Gasteiger partial charge in [-0.25, -0.2) is 4.79 Å². The summed E-state index contributed by atoms with van der Waals surface area (Å²) in [5, 5.41) is 11.5. The van der Waals surface area contributed by atoms with Crippen molar-refractivity contribution in [2.75, 3.05) is 13.1 Å². The highest BCUT2D eigenvalue weighted by atomic mass is 16.4. The van der Waals surface area contributed by atoms with Gasteiger partial charge >= 0.3 is 12.0 Å². The van der Waals surface area contributed by atoms with Gasteiger partial charge in [0.2, 0.25) is 0 Å². The highest BCUT2D eigenvalue weighted by Gasteiger charge is 2.26. The number of carboxylic acid groups (broad SMARTS) is 1. The zero-order valence-corrected chi connectivity index (χ0v) is 11.2. The Bertz CT molecular complexity index is 259. The molecule has 0 bridgehead atoms. The number of unbranched alkanes of at least 4 members (excludes halogenated alkanes) is 1. The van der Waals surface area contributed by atoms with Gasteiger partial charge in [0, 0.05) is 18.6 Å². The number of nitrogens with one attached hydrogen (secondary N) is 1. The molecule has 0 aromatic heterocycles. The molecule has 0 fully saturated rings. The molecule has 5 heteroatoms. The molecule has 0 aliphatic heterocycles. The third-order valence-corrected chi connectivity index (χ3v) is 2.41. The molecule has 0 atom stereocenters. The lowest BCUT2D eigenvalue weighted by atomic mass is 10.1. The Labute approximate surface area is 103 Å². The van der Waals surface area contributed by atoms with Crippen molar-refractivity contribution in [1.82, 2.24) is 10.2 Å². The molecule has 2 amide bonds. The molecule has 0 unspecified atom stereocenters. The van der Waals surface area contributed by atoms with Crippen molar-refractivity contribution in [3.63, 3.8) is 0 Å². The lowest BCUT2D eigenvalue weighted by molar-refractivity contribution is -0.137. The second-order valence-electron chi connectivity index (χ2n) is 5.05. The van der Waals surface area contributed by atoms with Gasteiger partial charge in [-0.1, -0.05) is 13.3 Å². The topological polar surface area (TPSA) is 69.6 Å². The van der Waals surface area contributed by atoms with Gasteiger partial charge in [0.1, 0.15) is 0 Å². The number of hydrogen-bond acceptors (Lipinski definition) is 2. The predicted molar refractivity (Wildman–Crippen MR) is 67.0 cm³/mol. The van der Waals surface area contributed by atoms with Crippen LogP contribution in [0.5, 0.6) is 0 Å². The first-order valence-electron chi connectivity index (χ1n) is 6.06. The number of nitrogens with zero attached hydrogens (tertiary/aromatic N) is 1. The molecule has 17 heavy (non-hydrogen) atoms. The standard InChI is InChI=1S/C12H24N2O3/c1-5-6-8-13-11(17)14(12(2,3)4)9-7-10(15)16/h5-9H2,1-4H3,(H,13,17)(H,15,16). The SMILES string of the molecule is CCCCNC(=O)N(CCC(=O)O)C(C)(C)C. The van der Waals surface area contributed by atoms with E-state index in [1.54, 1.807) is 4.90 Å². The molecule has 0 heterocycles. The Hall–Kier alpha value is -1.26. The number of carboxylic acids is 1. The lowest BCUT2D eigenvalue weighted by Crippen LogP contribution is -2.51. The van der Waals surface area contributed by atoms with E-state index in [1.807, 2.05) is 20.8 Å². The largest absolute Gasteiger partial charge is 0.481 e. The number of rotatable bonds is 6. The highest BCUT2D eigenvalue weighted by Crippen LogP contribution is 2.13. The molecule has 0 saturated carbocycles. The summed E-state index contributed by atoms with van der Waals surface area (Å²) < 4.78 is 0. The number of aliphatic carboxylic acids is 1. The molecule has 0 radical (unpaired) electrons. The van der Waals surface area contributed by atoms with Crippen molar-refractivity contribution in [3.05, 3.63) is 0 Å². The fraction of sp³-hybridized carbons (Fsp3) is 0.833. The van der Waals surface area contributed by atoms with Gasteiger partial charge in [0.25, 0.3) is 0 Å². The van der Waals surface area contributed by atoms with E-state index in [-0.39, 0.29) is 24.5 Å². The number of carbonyl (C=O) groups excluding carboxylic acids is 1. The fourth-order valence-electron chi connectivity index (χ4n) is 1.42. The van der Waals surface area contributed by atoms with Crippen LogP contribution in [-0.4, -0.2) is 40.6 Å². The molecule has 5 nitrogen and oxygen atoms in total. The maximum absolute atomic E-state index is 11.9. The number of urea groups is 1. The van der Waals surface area contributed by atoms with E-state index in [0.29, 0.717) is 6.54 Å². The van der Waals surface area contributed by atoms with E-state index < -0.39 is 5.97 Å². The Balaban J connectivity index is 4.36. The monoisotopic (exact) mass is 244 g/mol. The first-order chi connectivity index (χ1) is 7.79. The Morgan fingerprint density at radius 3 is 2.29 bits per heavy atom. The summed E-state index contributed by atoms with van der Waals surface area (Å²) in [5.41, 5.74) is -0.369. The van der Waals surface area contributed by atoms with Crippen LogP contribution < -0.4 is 5.32 Å². The summed E-state index contributed by atoms with van der Waals surface area (Å²) in [7, 11) is 0. The summed E-state index contributed by atoms with van der Waals surface area (Å²) in [5.74, 6) is -0.888. The van der Waals surface area contributed by atoms with Gasteiger partial charge in [-0.2, -0.15) is 0 Å². The number of hydrogen-bond donors (Lipinski definition) is 2. The Kier molecular flexibility index (Phi) is 6.61. The van der Waals surface area contributed by atoms with Gasteiger partial charge in [-0.15, -0.1) is 0 Å². The third-order valence-electron chi connectivity index (χ3n) is 2.41. The van der Waals surface area contributed by atoms with Crippen molar-refractivity contribution in [2.24, 2.45) is 0 Å². The smallest absolute Gasteiger partial charge is 0.317 e. The highest BCUT2D eigenvalue weighted by molar-refractivity contribution is 5.76. The molecule has 0 rings (SSSR count). The maximum Gasteiger partial charge on any atom is 0.317 e. The van der Waals surface area contributed by atoms with Crippen LogP contribution in [0, 0.1) is 0 Å². The van der Waals surface area contributed by atoms with Crippen LogP contribution in [0.1, 0.15) is 47.0 Å². The minimum absolute atomic E-state index is 0.0293. The van der Waals surface area contributed by atoms with Crippen LogP contribution >= 0.6 is 0 Å². The fourth-order valence-corrected chi connectivity index (χ4v) is 1.42. The third kappa shape index (κ3) is 6.81. The first kappa shape index (κ1) is 15.7. The van der Waals surface area contributed by atoms with Crippen LogP contribution in [0.2, 0.25) is 0 Å². The Morgan fingerprint density at radius 2 is 1.88 bits per heavy atom. The van der Waals surface area contributed by atoms with E-state index >= 15 is 0 Å². The summed E-state index contributed by atoms with van der Waals surface area (Å²) in [6.07, 6.45) is 1.92. The van der Waals surface area contributed by atoms with Crippen LogP contribution in [0.4, 0.5) is 4.79 Å². The van der Waals surface area contributed by atoms with Crippen molar-refractivity contribution in [2.45, 2.75) is 52.5 Å². The van der Waals surface area contributed by atoms with Crippen molar-refractivity contribution >= 4 is 12.0 Å². The normalized spacial score (nSPS) is 11.1. The molecule has 0 saturated heterocycles. The molecular formula is C12H24N2O3. The van der Waals surface area contributed by atoms with E-state index in [2.05, 4.69) is 12.2 Å². The van der Waals surface area contributed by atoms with E-state index in [1.165, 1.54) is 0 Å². The summed E-state index contributed by atoms with van der Waals surface area (Å²) >= 11 is 0. The van der Waals surface area contributed by atoms with Crippen molar-refractivity contribution in [3.8, 4) is 0 Å². The van der Waals surface area contributed by atoms with E-state index in [4.69, 9.17) is 5.11 Å². The Morgan fingerprint density at radius 1 is 1.29 bits per heavy atom. The van der Waals surface area contributed by atoms with Gasteiger partial charge in [0.15, 0.2) is 0 Å². The minimum atomic E-state index is -0.888. The van der Waals surface area contributed by atoms with Gasteiger partial charge in [-0.3, -0.25) is 4.79 Å². The van der Waals surface area contributed by atoms with Crippen molar-refractivity contribution < 1.29 is 14.7 Å². The predicted octanol–water partition coefficient (Wildman–Crippen LogP) is 2.07. The van der Waals surface area contributed by atoms with E-state index in [9.17, 15) is 9.59 Å². The van der Waals surface area contributed by atoms with Gasteiger partial charge < -0.3 is 15.3 Å². The maximum atomic E-state index is 11.9. The minimum Gasteiger partial charge on any atom is -0.481 e. The van der Waals surface area contributed by atoms with E-state index in [0.717, 1.165) is 12.8 Å². The van der Waals surface area contributed by atoms with Crippen LogP contribution in [0.15, 0.2) is 0 Å². The average molecular weight is 244 g/mol. The van der Waals surface area contributed by atoms with Crippen LogP contribution in [0.25, 0.3) is 0 Å². The summed E-state index contributed by atoms with van der Waals surface area (Å²) in [4.78, 5) is 24.0. The molecule has 0 aliphatic rings. The zero-order valence-electron chi connectivity index (χ0n) is 11.2. The average Bonchev–Trinajstić information content (AvgIpc) is 2.15.